The second kappa shape index (κ2) is 24.9. The number of aromatic nitrogens is 5. The molecule has 3 fully saturated rings. The van der Waals surface area contributed by atoms with Gasteiger partial charge in [-0.25, -0.2) is 28.1 Å². The second-order valence-electron chi connectivity index (χ2n) is 24.9. The smallest absolute Gasteiger partial charge is 0.284 e. The van der Waals surface area contributed by atoms with Crippen molar-refractivity contribution in [3.05, 3.63) is 154 Å². The Kier molecular flexibility index (Phi) is 17.0. The van der Waals surface area contributed by atoms with Gasteiger partial charge in [0.2, 0.25) is 17.7 Å². The van der Waals surface area contributed by atoms with Crippen LogP contribution in [0.2, 0.25) is 0 Å². The van der Waals surface area contributed by atoms with Crippen LogP contribution < -0.4 is 30.5 Å². The van der Waals surface area contributed by atoms with E-state index in [9.17, 15) is 37.5 Å². The summed E-state index contributed by atoms with van der Waals surface area (Å²) < 4.78 is 33.7. The maximum Gasteiger partial charge on any atom is 0.284 e. The predicted molar refractivity (Wildman–Crippen MR) is 344 cm³/mol. The van der Waals surface area contributed by atoms with Gasteiger partial charge < -0.3 is 30.4 Å². The normalized spacial score (nSPS) is 17.9. The van der Waals surface area contributed by atoms with Crippen molar-refractivity contribution in [1.29, 1.82) is 0 Å². The molecule has 0 unspecified atom stereocenters. The third-order valence-corrected chi connectivity index (χ3v) is 20.9. The number of anilines is 3. The highest BCUT2D eigenvalue weighted by Crippen LogP contribution is 2.37. The Hall–Kier alpha value is -8.38. The minimum Gasteiger partial charge on any atom is -0.391 e. The molecule has 20 nitrogen and oxygen atoms in total. The summed E-state index contributed by atoms with van der Waals surface area (Å²) in [6.07, 6.45) is 4.57. The lowest BCUT2D eigenvalue weighted by atomic mass is 9.84. The minimum atomic E-state index is -4.45. The topological polar surface area (TPSA) is 254 Å². The zero-order valence-corrected chi connectivity index (χ0v) is 53.0. The number of hydrogen-bond donors (Lipinski definition) is 5. The second-order valence-corrected chi connectivity index (χ2v) is 28.5. The summed E-state index contributed by atoms with van der Waals surface area (Å²) in [4.78, 5) is 91.3. The van der Waals surface area contributed by atoms with Gasteiger partial charge in [-0.2, -0.15) is 5.10 Å². The van der Waals surface area contributed by atoms with Gasteiger partial charge in [0.05, 0.1) is 49.5 Å². The molecular weight excluding hydrogens is 1190 g/mol. The number of sulfonamides is 1. The molecule has 4 aliphatic rings. The van der Waals surface area contributed by atoms with Crippen LogP contribution >= 0.6 is 22.7 Å². The molecule has 23 heteroatoms. The largest absolute Gasteiger partial charge is 0.391 e. The molecule has 4 aromatic carbocycles. The van der Waals surface area contributed by atoms with E-state index in [1.54, 1.807) is 41.8 Å². The first-order chi connectivity index (χ1) is 42.6. The molecule has 5 N–H and O–H groups in total. The zero-order chi connectivity index (χ0) is 62.5. The Morgan fingerprint density at radius 2 is 1.55 bits per heavy atom. The molecule has 2 saturated heterocycles. The number of nitrogens with zero attached hydrogens (tertiary/aromatic N) is 8. The van der Waals surface area contributed by atoms with Crippen molar-refractivity contribution in [2.75, 3.05) is 41.3 Å². The summed E-state index contributed by atoms with van der Waals surface area (Å²) in [6, 6.07) is 28.8. The quantitative estimate of drug-likeness (QED) is 0.0570. The molecule has 1 saturated carbocycles. The van der Waals surface area contributed by atoms with Gasteiger partial charge in [0.25, 0.3) is 21.8 Å². The van der Waals surface area contributed by atoms with Gasteiger partial charge >= 0.3 is 0 Å². The molecule has 5 amide bonds. The number of aliphatic hydroxyl groups excluding tert-OH is 1. The van der Waals surface area contributed by atoms with Crippen LogP contribution in [0.3, 0.4) is 0 Å². The fourth-order valence-electron chi connectivity index (χ4n) is 12.3. The summed E-state index contributed by atoms with van der Waals surface area (Å²) in [6.45, 7) is 13.8. The first kappa shape index (κ1) is 60.9. The van der Waals surface area contributed by atoms with Crippen molar-refractivity contribution in [3.63, 3.8) is 0 Å². The number of rotatable bonds is 17. The van der Waals surface area contributed by atoms with E-state index < -0.39 is 51.4 Å². The average molecular weight is 1260 g/mol. The molecular formula is C66H72N12O8S3. The van der Waals surface area contributed by atoms with Crippen LogP contribution in [-0.2, 0) is 43.9 Å². The number of likely N-dealkylation sites (tertiary alicyclic amines) is 1. The Bertz CT molecular complexity index is 4090. The first-order valence-corrected chi connectivity index (χ1v) is 33.4. The van der Waals surface area contributed by atoms with Crippen LogP contribution in [0.15, 0.2) is 120 Å². The van der Waals surface area contributed by atoms with E-state index in [2.05, 4.69) is 40.6 Å². The molecule has 1 aliphatic carbocycles. The fraction of sp³-hybridized carbons (Fsp3) is 0.379. The zero-order valence-electron chi connectivity index (χ0n) is 50.5. The van der Waals surface area contributed by atoms with Crippen LogP contribution in [0.4, 0.5) is 16.6 Å². The summed E-state index contributed by atoms with van der Waals surface area (Å²) in [5.41, 5.74) is 9.58. The fourth-order valence-corrected chi connectivity index (χ4v) is 14.9. The molecule has 0 bridgehead atoms. The number of piperidine rings is 1. The van der Waals surface area contributed by atoms with E-state index in [4.69, 9.17) is 4.98 Å². The van der Waals surface area contributed by atoms with Crippen LogP contribution in [0.25, 0.3) is 31.8 Å². The first-order valence-electron chi connectivity index (χ1n) is 30.2. The number of aliphatic hydroxyl groups is 1. The highest BCUT2D eigenvalue weighted by atomic mass is 32.2. The minimum absolute atomic E-state index is 0.0465. The highest BCUT2D eigenvalue weighted by Gasteiger charge is 2.45. The number of pyridine rings is 1. The van der Waals surface area contributed by atoms with Crippen molar-refractivity contribution >= 4 is 89.1 Å². The standard InChI is InChI=1S/C66H72N12O8S3/c1-38(42-16-18-44(19-17-42)58-39(2)67-37-87-58)69-62(82)54-32-47(79)35-77(54)64(84)59(66(4,5)6)72-60(80)45-27-29-75(30-28-45)46-20-22-48(23-21-46)89(85,86)74-63(83)57-49(51-33-68-78(40(51)3)34-41-14-15-41)24-25-56(71-57)76-31-26-43-10-9-11-50(52(43)36-76)61(81)73-65-70-53-12-7-8-13-55(53)88-65/h7-13,16-25,33,37-38,41,45,47,54,59,79H,14-15,26-32,34-36H2,1-6H3,(H,69,82)(H,72,80)(H,74,83)(H,70,73,81)/t38-,47+,54-,59+/m0/s1. The van der Waals surface area contributed by atoms with Gasteiger partial charge in [0, 0.05) is 79.7 Å². The summed E-state index contributed by atoms with van der Waals surface area (Å²) >= 11 is 2.96. The number of aryl methyl sites for hydroxylation is 1. The molecule has 0 radical (unpaired) electrons. The molecule has 89 heavy (non-hydrogen) atoms. The number of hydrogen-bond acceptors (Lipinski definition) is 16. The number of thiazole rings is 2. The van der Waals surface area contributed by atoms with E-state index in [0.717, 1.165) is 73.8 Å². The Morgan fingerprint density at radius 3 is 2.26 bits per heavy atom. The van der Waals surface area contributed by atoms with Crippen molar-refractivity contribution < 1.29 is 37.5 Å². The van der Waals surface area contributed by atoms with Gasteiger partial charge in [-0.1, -0.05) is 80.6 Å². The Morgan fingerprint density at radius 1 is 0.798 bits per heavy atom. The van der Waals surface area contributed by atoms with Crippen LogP contribution in [0.1, 0.15) is 115 Å². The third-order valence-electron chi connectivity index (χ3n) is 17.6. The summed E-state index contributed by atoms with van der Waals surface area (Å²) in [5.74, 6) is -1.80. The number of carbonyl (C=O) groups is 5. The number of nitrogens with one attached hydrogen (secondary N) is 4. The molecule has 7 heterocycles. The SMILES string of the molecule is Cc1ncsc1-c1ccc([C@H](C)NC(=O)[C@@H]2C[C@@H](O)CN2C(=O)[C@@H](NC(=O)C2CCN(c3ccc(S(=O)(=O)NC(=O)c4nc(N5CCc6cccc(C(=O)Nc7nc8ccccc8s7)c6C5)ccc4-c4cnn(CC5CC5)c4C)cc3)CC2)C(C)(C)C)cc1. The van der Waals surface area contributed by atoms with Crippen molar-refractivity contribution in [1.82, 2.24) is 45.0 Å². The number of carbonyl (C=O) groups excluding carboxylic acids is 5. The number of amides is 5. The van der Waals surface area contributed by atoms with Gasteiger partial charge in [0.15, 0.2) is 5.13 Å². The molecule has 4 aromatic heterocycles. The number of para-hydroxylation sites is 1. The molecule has 3 aliphatic heterocycles. The molecule has 8 aromatic rings. The maximum absolute atomic E-state index is 14.6. The Balaban J connectivity index is 0.693. The van der Waals surface area contributed by atoms with E-state index in [1.165, 1.54) is 28.4 Å². The highest BCUT2D eigenvalue weighted by molar-refractivity contribution is 7.90. The molecule has 462 valence electrons. The molecule has 12 rings (SSSR count). The lowest BCUT2D eigenvalue weighted by Crippen LogP contribution is -2.59. The number of fused-ring (bicyclic) bond motifs is 2. The monoisotopic (exact) mass is 1260 g/mol. The number of β-amino-alcohol motifs (C(OH)–C–C–N with tert-alkyl or cyclic N) is 1. The van der Waals surface area contributed by atoms with Crippen molar-refractivity contribution in [2.24, 2.45) is 17.3 Å². The summed E-state index contributed by atoms with van der Waals surface area (Å²) in [7, 11) is -4.45. The van der Waals surface area contributed by atoms with E-state index in [-0.39, 0.29) is 47.3 Å². The predicted octanol–water partition coefficient (Wildman–Crippen LogP) is 9.23. The van der Waals surface area contributed by atoms with E-state index in [1.807, 2.05) is 123 Å². The van der Waals surface area contributed by atoms with Crippen LogP contribution in [0.5, 0.6) is 0 Å². The molecule has 0 spiro atoms. The Labute approximate surface area is 525 Å². The van der Waals surface area contributed by atoms with Gasteiger partial charge in [-0.05, 0) is 141 Å². The van der Waals surface area contributed by atoms with Crippen molar-refractivity contribution in [2.45, 2.75) is 122 Å². The van der Waals surface area contributed by atoms with Crippen LogP contribution in [0, 0.1) is 31.1 Å². The number of benzene rings is 4. The van der Waals surface area contributed by atoms with Gasteiger partial charge in [-0.3, -0.25) is 34.0 Å². The maximum atomic E-state index is 14.6. The lowest BCUT2D eigenvalue weighted by Gasteiger charge is -2.38. The molecule has 4 atom stereocenters. The van der Waals surface area contributed by atoms with Gasteiger partial charge in [-0.15, -0.1) is 11.3 Å². The van der Waals surface area contributed by atoms with Gasteiger partial charge in [0.1, 0.15) is 23.6 Å². The third kappa shape index (κ3) is 13.1. The van der Waals surface area contributed by atoms with E-state index in [0.29, 0.717) is 79.0 Å². The van der Waals surface area contributed by atoms with E-state index >= 15 is 0 Å². The lowest BCUT2D eigenvalue weighted by molar-refractivity contribution is -0.144. The van der Waals surface area contributed by atoms with Crippen LogP contribution in [-0.4, -0.2) is 117 Å². The van der Waals surface area contributed by atoms with Crippen molar-refractivity contribution in [3.8, 4) is 21.6 Å². The summed E-state index contributed by atoms with van der Waals surface area (Å²) in [5, 5.41) is 25.1. The average Bonchev–Trinajstić information content (AvgIpc) is 1.92.